The Balaban J connectivity index is 2.96. The molecule has 0 amide bonds. The number of aliphatic hydroxyl groups is 2. The quantitative estimate of drug-likeness (QED) is 0.678. The van der Waals surface area contributed by atoms with Crippen molar-refractivity contribution in [3.63, 3.8) is 0 Å². The predicted molar refractivity (Wildman–Crippen MR) is 43.3 cm³/mol. The predicted octanol–water partition coefficient (Wildman–Crippen LogP) is 0.583. The number of nitrogens with zero attached hydrogens (tertiary/aromatic N) is 2. The number of aromatic nitrogens is 2. The molecule has 0 fully saturated rings. The van der Waals surface area contributed by atoms with Crippen LogP contribution >= 0.6 is 0 Å². The zero-order valence-corrected chi connectivity index (χ0v) is 7.10. The third-order valence-electron chi connectivity index (χ3n) is 1.50. The van der Waals surface area contributed by atoms with E-state index >= 15 is 0 Å². The van der Waals surface area contributed by atoms with Gasteiger partial charge in [-0.3, -0.25) is 0 Å². The Labute approximate surface area is 70.9 Å². The van der Waals surface area contributed by atoms with Crippen LogP contribution in [0.1, 0.15) is 37.6 Å². The summed E-state index contributed by atoms with van der Waals surface area (Å²) >= 11 is 0. The Morgan fingerprint density at radius 2 is 1.92 bits per heavy atom. The van der Waals surface area contributed by atoms with Crippen LogP contribution in [0, 0.1) is 0 Å². The van der Waals surface area contributed by atoms with Crippen LogP contribution in [0.4, 0.5) is 0 Å². The topological polar surface area (TPSA) is 66.2 Å². The Bertz CT molecular complexity index is 238. The van der Waals surface area contributed by atoms with Gasteiger partial charge in [-0.2, -0.15) is 0 Å². The summed E-state index contributed by atoms with van der Waals surface area (Å²) in [4.78, 5) is 7.81. The molecule has 4 heteroatoms. The van der Waals surface area contributed by atoms with Gasteiger partial charge in [-0.05, 0) is 19.9 Å². The van der Waals surface area contributed by atoms with Crippen LogP contribution in [0.25, 0.3) is 0 Å². The van der Waals surface area contributed by atoms with Gasteiger partial charge in [0.05, 0.1) is 11.8 Å². The van der Waals surface area contributed by atoms with Crippen molar-refractivity contribution >= 4 is 0 Å². The molecule has 1 aromatic rings. The molecule has 0 spiro atoms. The van der Waals surface area contributed by atoms with Gasteiger partial charge in [0, 0.05) is 6.20 Å². The molecule has 2 atom stereocenters. The van der Waals surface area contributed by atoms with E-state index in [2.05, 4.69) is 9.97 Å². The van der Waals surface area contributed by atoms with Crippen LogP contribution in [0.15, 0.2) is 12.3 Å². The van der Waals surface area contributed by atoms with Crippen molar-refractivity contribution in [2.24, 2.45) is 0 Å². The van der Waals surface area contributed by atoms with E-state index < -0.39 is 12.2 Å². The second-order valence-electron chi connectivity index (χ2n) is 2.69. The summed E-state index contributed by atoms with van der Waals surface area (Å²) in [6.45, 7) is 3.20. The molecule has 4 nitrogen and oxygen atoms in total. The van der Waals surface area contributed by atoms with Crippen LogP contribution in [-0.4, -0.2) is 20.2 Å². The maximum atomic E-state index is 9.16. The third-order valence-corrected chi connectivity index (χ3v) is 1.50. The van der Waals surface area contributed by atoms with Crippen LogP contribution in [-0.2, 0) is 0 Å². The molecule has 0 aromatic carbocycles. The van der Waals surface area contributed by atoms with Gasteiger partial charge in [-0.1, -0.05) is 0 Å². The van der Waals surface area contributed by atoms with E-state index in [9.17, 15) is 0 Å². The van der Waals surface area contributed by atoms with Crippen molar-refractivity contribution in [3.8, 4) is 0 Å². The zero-order valence-electron chi connectivity index (χ0n) is 7.10. The summed E-state index contributed by atoms with van der Waals surface area (Å²) in [7, 11) is 0. The standard InChI is InChI=1S/C8H12N2O2/c1-5(11)7-3-4-9-8(10-7)6(2)12/h3-6,11-12H,1-2H3. The Hall–Kier alpha value is -1.00. The van der Waals surface area contributed by atoms with Gasteiger partial charge in [0.15, 0.2) is 5.82 Å². The molecule has 1 aromatic heterocycles. The molecular formula is C8H12N2O2. The molecule has 66 valence electrons. The van der Waals surface area contributed by atoms with Gasteiger partial charge in [-0.25, -0.2) is 9.97 Å². The summed E-state index contributed by atoms with van der Waals surface area (Å²) in [5.41, 5.74) is 0.529. The smallest absolute Gasteiger partial charge is 0.156 e. The van der Waals surface area contributed by atoms with Crippen LogP contribution in [0.2, 0.25) is 0 Å². The Kier molecular flexibility index (Phi) is 2.73. The first-order valence-corrected chi connectivity index (χ1v) is 3.80. The summed E-state index contributed by atoms with van der Waals surface area (Å²) in [5, 5.41) is 18.3. The normalized spacial score (nSPS) is 15.7. The highest BCUT2D eigenvalue weighted by atomic mass is 16.3. The van der Waals surface area contributed by atoms with E-state index in [1.54, 1.807) is 19.9 Å². The minimum Gasteiger partial charge on any atom is -0.387 e. The zero-order chi connectivity index (χ0) is 9.14. The lowest BCUT2D eigenvalue weighted by Crippen LogP contribution is -2.04. The fourth-order valence-corrected chi connectivity index (χ4v) is 0.822. The van der Waals surface area contributed by atoms with Crippen molar-refractivity contribution < 1.29 is 10.2 Å². The number of aliphatic hydroxyl groups excluding tert-OH is 2. The number of hydrogen-bond acceptors (Lipinski definition) is 4. The van der Waals surface area contributed by atoms with Gasteiger partial charge < -0.3 is 10.2 Å². The molecule has 1 heterocycles. The van der Waals surface area contributed by atoms with Crippen molar-refractivity contribution in [1.29, 1.82) is 0 Å². The molecule has 0 aliphatic carbocycles. The summed E-state index contributed by atoms with van der Waals surface area (Å²) < 4.78 is 0. The van der Waals surface area contributed by atoms with Gasteiger partial charge >= 0.3 is 0 Å². The number of hydrogen-bond donors (Lipinski definition) is 2. The van der Waals surface area contributed by atoms with E-state index in [0.29, 0.717) is 11.5 Å². The molecule has 0 bridgehead atoms. The Morgan fingerprint density at radius 3 is 2.42 bits per heavy atom. The first-order valence-electron chi connectivity index (χ1n) is 3.80. The summed E-state index contributed by atoms with van der Waals surface area (Å²) in [5.74, 6) is 0.341. The van der Waals surface area contributed by atoms with E-state index in [4.69, 9.17) is 10.2 Å². The summed E-state index contributed by atoms with van der Waals surface area (Å²) in [6.07, 6.45) is 0.214. The molecule has 0 aliphatic heterocycles. The first-order chi connectivity index (χ1) is 5.61. The second kappa shape index (κ2) is 3.60. The van der Waals surface area contributed by atoms with Gasteiger partial charge in [0.1, 0.15) is 6.10 Å². The van der Waals surface area contributed by atoms with Crippen molar-refractivity contribution in [1.82, 2.24) is 9.97 Å². The maximum Gasteiger partial charge on any atom is 0.156 e. The molecule has 2 unspecified atom stereocenters. The number of rotatable bonds is 2. The highest BCUT2D eigenvalue weighted by Crippen LogP contribution is 2.11. The monoisotopic (exact) mass is 168 g/mol. The van der Waals surface area contributed by atoms with Crippen molar-refractivity contribution in [3.05, 3.63) is 23.8 Å². The lowest BCUT2D eigenvalue weighted by Gasteiger charge is -2.06. The molecule has 2 N–H and O–H groups in total. The molecule has 0 aliphatic rings. The SMILES string of the molecule is CC(O)c1ccnc(C(C)O)n1. The lowest BCUT2D eigenvalue weighted by molar-refractivity contribution is 0.178. The van der Waals surface area contributed by atoms with Crippen LogP contribution in [0.5, 0.6) is 0 Å². The third kappa shape index (κ3) is 1.99. The molecule has 12 heavy (non-hydrogen) atoms. The first kappa shape index (κ1) is 9.09. The molecule has 0 radical (unpaired) electrons. The molecule has 0 saturated carbocycles. The molecular weight excluding hydrogens is 156 g/mol. The largest absolute Gasteiger partial charge is 0.387 e. The minimum absolute atomic E-state index is 0.341. The fourth-order valence-electron chi connectivity index (χ4n) is 0.822. The van der Waals surface area contributed by atoms with Gasteiger partial charge in [-0.15, -0.1) is 0 Å². The minimum atomic E-state index is -0.691. The van der Waals surface area contributed by atoms with Crippen molar-refractivity contribution in [2.75, 3.05) is 0 Å². The van der Waals surface area contributed by atoms with E-state index in [0.717, 1.165) is 0 Å². The van der Waals surface area contributed by atoms with Crippen LogP contribution < -0.4 is 0 Å². The van der Waals surface area contributed by atoms with Crippen molar-refractivity contribution in [2.45, 2.75) is 26.1 Å². The molecule has 0 saturated heterocycles. The van der Waals surface area contributed by atoms with Gasteiger partial charge in [0.2, 0.25) is 0 Å². The summed E-state index contributed by atoms with van der Waals surface area (Å²) in [6, 6.07) is 1.62. The van der Waals surface area contributed by atoms with Gasteiger partial charge in [0.25, 0.3) is 0 Å². The van der Waals surface area contributed by atoms with E-state index in [1.807, 2.05) is 0 Å². The van der Waals surface area contributed by atoms with E-state index in [-0.39, 0.29) is 0 Å². The van der Waals surface area contributed by atoms with Crippen LogP contribution in [0.3, 0.4) is 0 Å². The fraction of sp³-hybridized carbons (Fsp3) is 0.500. The van der Waals surface area contributed by atoms with E-state index in [1.165, 1.54) is 6.20 Å². The maximum absolute atomic E-state index is 9.16. The highest BCUT2D eigenvalue weighted by Gasteiger charge is 2.07. The molecule has 1 rings (SSSR count). The Morgan fingerprint density at radius 1 is 1.25 bits per heavy atom. The highest BCUT2D eigenvalue weighted by molar-refractivity contribution is 5.05. The average Bonchev–Trinajstić information content (AvgIpc) is 2.04. The lowest BCUT2D eigenvalue weighted by atomic mass is 10.2. The average molecular weight is 168 g/mol. The second-order valence-corrected chi connectivity index (χ2v) is 2.69.